The Kier molecular flexibility index (Phi) is 3.80. The maximum atomic E-state index is 13.7. The molecule has 0 fully saturated rings. The molecule has 1 aromatic rings. The molecule has 1 aromatic carbocycles. The molecule has 0 bridgehead atoms. The third-order valence-corrected chi connectivity index (χ3v) is 4.08. The van der Waals surface area contributed by atoms with Crippen molar-refractivity contribution in [2.24, 2.45) is 9.98 Å². The van der Waals surface area contributed by atoms with E-state index in [9.17, 15) is 8.78 Å². The Labute approximate surface area is 126 Å². The van der Waals surface area contributed by atoms with Crippen LogP contribution in [0.15, 0.2) is 28.2 Å². The summed E-state index contributed by atoms with van der Waals surface area (Å²) >= 11 is 6.13. The maximum Gasteiger partial charge on any atom is 0.196 e. The van der Waals surface area contributed by atoms with Crippen LogP contribution in [0.2, 0.25) is 0 Å². The van der Waals surface area contributed by atoms with Gasteiger partial charge in [-0.05, 0) is 36.7 Å². The van der Waals surface area contributed by atoms with Crippen molar-refractivity contribution in [1.29, 1.82) is 0 Å². The lowest BCUT2D eigenvalue weighted by Crippen LogP contribution is -2.47. The van der Waals surface area contributed by atoms with Gasteiger partial charge in [0, 0.05) is 25.2 Å². The van der Waals surface area contributed by atoms with Gasteiger partial charge in [0.15, 0.2) is 5.29 Å². The van der Waals surface area contributed by atoms with Crippen LogP contribution >= 0.6 is 11.6 Å². The van der Waals surface area contributed by atoms with Crippen LogP contribution in [-0.2, 0) is 6.54 Å². The SMILES string of the molecule is CCN1CC2N=CN(Cc3cc(F)ccc3F)C2N=C1Cl. The molecule has 112 valence electrons. The van der Waals surface area contributed by atoms with Crippen LogP contribution in [0, 0.1) is 11.6 Å². The first-order chi connectivity index (χ1) is 10.1. The van der Waals surface area contributed by atoms with E-state index in [1.165, 1.54) is 6.07 Å². The lowest BCUT2D eigenvalue weighted by molar-refractivity contribution is 0.255. The minimum atomic E-state index is -0.457. The number of nitrogens with zero attached hydrogens (tertiary/aromatic N) is 4. The summed E-state index contributed by atoms with van der Waals surface area (Å²) in [5.74, 6) is -0.893. The fraction of sp³-hybridized carbons (Fsp3) is 0.429. The topological polar surface area (TPSA) is 31.2 Å². The highest BCUT2D eigenvalue weighted by Gasteiger charge is 2.36. The van der Waals surface area contributed by atoms with E-state index in [-0.39, 0.29) is 24.3 Å². The predicted molar refractivity (Wildman–Crippen MR) is 78.5 cm³/mol. The number of aliphatic imine (C=N–C) groups is 2. The second kappa shape index (κ2) is 5.60. The summed E-state index contributed by atoms with van der Waals surface area (Å²) in [6, 6.07) is 3.41. The number of rotatable bonds is 3. The molecular formula is C14H15ClF2N4. The normalized spacial score (nSPS) is 24.3. The Balaban J connectivity index is 1.80. The zero-order chi connectivity index (χ0) is 15.0. The summed E-state index contributed by atoms with van der Waals surface area (Å²) in [4.78, 5) is 12.5. The first-order valence-corrected chi connectivity index (χ1v) is 7.17. The van der Waals surface area contributed by atoms with Crippen molar-refractivity contribution in [3.63, 3.8) is 0 Å². The molecule has 3 rings (SSSR count). The second-order valence-corrected chi connectivity index (χ2v) is 5.43. The molecule has 0 spiro atoms. The predicted octanol–water partition coefficient (Wildman–Crippen LogP) is 2.43. The summed E-state index contributed by atoms with van der Waals surface area (Å²) < 4.78 is 27.0. The largest absolute Gasteiger partial charge is 0.345 e. The minimum Gasteiger partial charge on any atom is -0.345 e. The molecule has 2 aliphatic rings. The van der Waals surface area contributed by atoms with Gasteiger partial charge < -0.3 is 9.80 Å². The molecule has 0 radical (unpaired) electrons. The zero-order valence-electron chi connectivity index (χ0n) is 11.5. The number of fused-ring (bicyclic) bond motifs is 1. The Morgan fingerprint density at radius 3 is 2.95 bits per heavy atom. The quantitative estimate of drug-likeness (QED) is 0.803. The van der Waals surface area contributed by atoms with Crippen molar-refractivity contribution >= 4 is 23.2 Å². The van der Waals surface area contributed by atoms with Gasteiger partial charge in [0.1, 0.15) is 23.8 Å². The molecule has 2 heterocycles. The molecule has 2 atom stereocenters. The Hall–Kier alpha value is -1.69. The lowest BCUT2D eigenvalue weighted by atomic mass is 10.1. The van der Waals surface area contributed by atoms with E-state index in [1.54, 1.807) is 11.2 Å². The summed E-state index contributed by atoms with van der Waals surface area (Å²) in [6.07, 6.45) is 1.40. The molecule has 0 amide bonds. The van der Waals surface area contributed by atoms with E-state index >= 15 is 0 Å². The van der Waals surface area contributed by atoms with Crippen LogP contribution < -0.4 is 0 Å². The number of halogens is 3. The van der Waals surface area contributed by atoms with E-state index in [0.717, 1.165) is 18.7 Å². The van der Waals surface area contributed by atoms with E-state index in [1.807, 2.05) is 11.8 Å². The van der Waals surface area contributed by atoms with Gasteiger partial charge in [0.2, 0.25) is 0 Å². The summed E-state index contributed by atoms with van der Waals surface area (Å²) in [5.41, 5.74) is 0.284. The summed E-state index contributed by atoms with van der Waals surface area (Å²) in [6.45, 7) is 3.66. The smallest absolute Gasteiger partial charge is 0.196 e. The van der Waals surface area contributed by atoms with E-state index < -0.39 is 11.6 Å². The van der Waals surface area contributed by atoms with Crippen molar-refractivity contribution in [3.8, 4) is 0 Å². The van der Waals surface area contributed by atoms with E-state index in [0.29, 0.717) is 11.8 Å². The minimum absolute atomic E-state index is 0.0240. The number of likely N-dealkylation sites (N-methyl/N-ethyl adjacent to an activating group) is 1. The lowest BCUT2D eigenvalue weighted by Gasteiger charge is -2.34. The third kappa shape index (κ3) is 2.72. The fourth-order valence-corrected chi connectivity index (χ4v) is 2.87. The second-order valence-electron chi connectivity index (χ2n) is 5.09. The van der Waals surface area contributed by atoms with Crippen molar-refractivity contribution in [2.75, 3.05) is 13.1 Å². The van der Waals surface area contributed by atoms with Crippen LogP contribution in [0.5, 0.6) is 0 Å². The molecule has 4 nitrogen and oxygen atoms in total. The summed E-state index contributed by atoms with van der Waals surface area (Å²) in [5, 5.41) is 0.439. The molecule has 0 saturated carbocycles. The van der Waals surface area contributed by atoms with Gasteiger partial charge >= 0.3 is 0 Å². The van der Waals surface area contributed by atoms with Crippen molar-refractivity contribution in [3.05, 3.63) is 35.4 Å². The molecule has 0 N–H and O–H groups in total. The van der Waals surface area contributed by atoms with E-state index in [2.05, 4.69) is 9.98 Å². The number of amidine groups is 1. The molecule has 2 unspecified atom stereocenters. The number of hydrogen-bond donors (Lipinski definition) is 0. The van der Waals surface area contributed by atoms with Gasteiger partial charge in [-0.1, -0.05) is 0 Å². The number of benzene rings is 1. The van der Waals surface area contributed by atoms with Gasteiger partial charge in [0.05, 0.1) is 6.34 Å². The van der Waals surface area contributed by atoms with Crippen LogP contribution in [0.4, 0.5) is 8.78 Å². The number of hydrogen-bond acceptors (Lipinski definition) is 4. The average molecular weight is 313 g/mol. The van der Waals surface area contributed by atoms with Crippen molar-refractivity contribution in [1.82, 2.24) is 9.80 Å². The monoisotopic (exact) mass is 312 g/mol. The standard InChI is InChI=1S/C14H15ClF2N4/c1-2-20-7-12-13(19-14(20)15)21(8-18-12)6-9-5-10(16)3-4-11(9)17/h3-5,8,12-13H,2,6-7H2,1H3. The Morgan fingerprint density at radius 2 is 2.19 bits per heavy atom. The highest BCUT2D eigenvalue weighted by atomic mass is 35.5. The third-order valence-electron chi connectivity index (χ3n) is 3.74. The highest BCUT2D eigenvalue weighted by molar-refractivity contribution is 6.64. The summed E-state index contributed by atoms with van der Waals surface area (Å²) in [7, 11) is 0. The Morgan fingerprint density at radius 1 is 1.38 bits per heavy atom. The zero-order valence-corrected chi connectivity index (χ0v) is 12.3. The first-order valence-electron chi connectivity index (χ1n) is 6.79. The molecule has 21 heavy (non-hydrogen) atoms. The van der Waals surface area contributed by atoms with E-state index in [4.69, 9.17) is 11.6 Å². The molecule has 7 heteroatoms. The molecule has 0 aromatic heterocycles. The van der Waals surface area contributed by atoms with Crippen LogP contribution in [0.3, 0.4) is 0 Å². The van der Waals surface area contributed by atoms with Crippen molar-refractivity contribution < 1.29 is 8.78 Å². The van der Waals surface area contributed by atoms with Crippen LogP contribution in [-0.4, -0.2) is 46.7 Å². The highest BCUT2D eigenvalue weighted by Crippen LogP contribution is 2.25. The fourth-order valence-electron chi connectivity index (χ4n) is 2.59. The van der Waals surface area contributed by atoms with Gasteiger partial charge in [-0.15, -0.1) is 0 Å². The van der Waals surface area contributed by atoms with Gasteiger partial charge in [-0.25, -0.2) is 13.8 Å². The molecular weight excluding hydrogens is 298 g/mol. The average Bonchev–Trinajstić information content (AvgIpc) is 2.84. The van der Waals surface area contributed by atoms with Gasteiger partial charge in [-0.2, -0.15) is 0 Å². The van der Waals surface area contributed by atoms with Crippen molar-refractivity contribution in [2.45, 2.75) is 25.7 Å². The van der Waals surface area contributed by atoms with Gasteiger partial charge in [0.25, 0.3) is 0 Å². The Bertz CT molecular complexity index is 605. The molecule has 0 aliphatic carbocycles. The van der Waals surface area contributed by atoms with Crippen LogP contribution in [0.1, 0.15) is 12.5 Å². The first kappa shape index (κ1) is 14.3. The van der Waals surface area contributed by atoms with Crippen LogP contribution in [0.25, 0.3) is 0 Å². The molecule has 0 saturated heterocycles. The molecule has 2 aliphatic heterocycles. The maximum absolute atomic E-state index is 13.7. The van der Waals surface area contributed by atoms with Gasteiger partial charge in [-0.3, -0.25) is 4.99 Å².